The Balaban J connectivity index is 1.74. The van der Waals surface area contributed by atoms with Crippen molar-refractivity contribution in [3.05, 3.63) is 30.1 Å². The molecule has 0 aliphatic carbocycles. The summed E-state index contributed by atoms with van der Waals surface area (Å²) in [5.74, 6) is -0.274. The number of nitrogens with zero attached hydrogens (tertiary/aromatic N) is 2. The van der Waals surface area contributed by atoms with Crippen molar-refractivity contribution in [1.29, 1.82) is 0 Å². The summed E-state index contributed by atoms with van der Waals surface area (Å²) in [6, 6.07) is 6.50. The molecule has 1 aromatic carbocycles. The third-order valence-electron chi connectivity index (χ3n) is 4.46. The number of likely N-dealkylation sites (N-methyl/N-ethyl adjacent to an activating group) is 1. The lowest BCUT2D eigenvalue weighted by Crippen LogP contribution is -2.37. The Morgan fingerprint density at radius 2 is 2.00 bits per heavy atom. The van der Waals surface area contributed by atoms with E-state index in [4.69, 9.17) is 5.11 Å². The highest BCUT2D eigenvalue weighted by Crippen LogP contribution is 2.20. The smallest absolute Gasteiger partial charge is 0.317 e. The summed E-state index contributed by atoms with van der Waals surface area (Å²) < 4.78 is 12.9. The molecule has 1 atom stereocenters. The second-order valence-corrected chi connectivity index (χ2v) is 7.50. The van der Waals surface area contributed by atoms with Gasteiger partial charge in [0.2, 0.25) is 5.91 Å². The Labute approximate surface area is 152 Å². The fourth-order valence-electron chi connectivity index (χ4n) is 3.06. The average molecular weight is 368 g/mol. The molecule has 1 heterocycles. The van der Waals surface area contributed by atoms with E-state index in [-0.39, 0.29) is 24.3 Å². The number of hydrogen-bond acceptors (Lipinski definition) is 4. The molecular formula is C18H25FN2O3S. The second-order valence-electron chi connectivity index (χ2n) is 6.33. The molecule has 1 unspecified atom stereocenters. The largest absolute Gasteiger partial charge is 0.480 e. The van der Waals surface area contributed by atoms with Gasteiger partial charge in [-0.15, -0.1) is 11.8 Å². The molecule has 138 valence electrons. The minimum atomic E-state index is -0.822. The summed E-state index contributed by atoms with van der Waals surface area (Å²) in [6.07, 6.45) is 3.07. The van der Waals surface area contributed by atoms with E-state index in [1.54, 1.807) is 23.9 Å². The number of aliphatic carboxylic acids is 1. The number of carboxylic acid groups (broad SMARTS) is 1. The van der Waals surface area contributed by atoms with Gasteiger partial charge in [-0.1, -0.05) is 0 Å². The summed E-state index contributed by atoms with van der Waals surface area (Å²) in [6.45, 7) is 1.44. The Morgan fingerprint density at radius 1 is 1.28 bits per heavy atom. The Kier molecular flexibility index (Phi) is 7.71. The van der Waals surface area contributed by atoms with Crippen molar-refractivity contribution in [2.45, 2.75) is 36.6 Å². The van der Waals surface area contributed by atoms with E-state index in [1.165, 1.54) is 12.1 Å². The molecule has 1 amide bonds. The van der Waals surface area contributed by atoms with E-state index < -0.39 is 5.97 Å². The topological polar surface area (TPSA) is 60.9 Å². The molecule has 25 heavy (non-hydrogen) atoms. The number of thioether (sulfide) groups is 1. The first-order chi connectivity index (χ1) is 12.0. The molecule has 1 aliphatic heterocycles. The van der Waals surface area contributed by atoms with Crippen LogP contribution in [0.1, 0.15) is 25.7 Å². The number of carboxylic acids is 1. The molecule has 2 rings (SSSR count). The first-order valence-electron chi connectivity index (χ1n) is 8.54. The quantitative estimate of drug-likeness (QED) is 0.750. The zero-order valence-electron chi connectivity index (χ0n) is 14.5. The predicted molar refractivity (Wildman–Crippen MR) is 96.2 cm³/mol. The third kappa shape index (κ3) is 6.66. The maximum Gasteiger partial charge on any atom is 0.317 e. The standard InChI is InChI=1S/C18H25FN2O3S/c1-20(13-18(23)24)15-3-2-10-21(11-8-15)17(22)9-12-25-16-6-4-14(19)5-7-16/h4-7,15H,2-3,8-13H2,1H3,(H,23,24). The molecule has 5 nitrogen and oxygen atoms in total. The average Bonchev–Trinajstić information content (AvgIpc) is 2.82. The van der Waals surface area contributed by atoms with E-state index in [9.17, 15) is 14.0 Å². The van der Waals surface area contributed by atoms with E-state index >= 15 is 0 Å². The van der Waals surface area contributed by atoms with Crippen molar-refractivity contribution in [1.82, 2.24) is 9.80 Å². The van der Waals surface area contributed by atoms with Gasteiger partial charge < -0.3 is 10.0 Å². The summed E-state index contributed by atoms with van der Waals surface area (Å²) in [4.78, 5) is 27.9. The molecule has 1 N–H and O–H groups in total. The Hall–Kier alpha value is -1.60. The van der Waals surface area contributed by atoms with Gasteiger partial charge in [0.25, 0.3) is 0 Å². The van der Waals surface area contributed by atoms with Crippen LogP contribution in [0.15, 0.2) is 29.2 Å². The molecule has 0 spiro atoms. The molecule has 0 aromatic heterocycles. The Morgan fingerprint density at radius 3 is 2.68 bits per heavy atom. The van der Waals surface area contributed by atoms with Crippen LogP contribution in [0.2, 0.25) is 0 Å². The molecule has 1 aliphatic rings. The van der Waals surface area contributed by atoms with Crippen LogP contribution < -0.4 is 0 Å². The highest BCUT2D eigenvalue weighted by atomic mass is 32.2. The van der Waals surface area contributed by atoms with Gasteiger partial charge in [0, 0.05) is 36.2 Å². The number of likely N-dealkylation sites (tertiary alicyclic amines) is 1. The van der Waals surface area contributed by atoms with Crippen LogP contribution in [-0.4, -0.2) is 65.3 Å². The first-order valence-corrected chi connectivity index (χ1v) is 9.52. The van der Waals surface area contributed by atoms with Crippen LogP contribution in [0.5, 0.6) is 0 Å². The minimum absolute atomic E-state index is 0.0346. The second kappa shape index (κ2) is 9.77. The van der Waals surface area contributed by atoms with E-state index in [1.807, 2.05) is 16.8 Å². The number of hydrogen-bond donors (Lipinski definition) is 1. The van der Waals surface area contributed by atoms with Gasteiger partial charge in [0.1, 0.15) is 5.82 Å². The number of benzene rings is 1. The first kappa shape index (κ1) is 19.7. The minimum Gasteiger partial charge on any atom is -0.480 e. The monoisotopic (exact) mass is 368 g/mol. The van der Waals surface area contributed by atoms with Crippen LogP contribution >= 0.6 is 11.8 Å². The van der Waals surface area contributed by atoms with Crippen molar-refractivity contribution in [3.8, 4) is 0 Å². The maximum atomic E-state index is 12.9. The maximum absolute atomic E-state index is 12.9. The molecule has 0 saturated carbocycles. The van der Waals surface area contributed by atoms with Crippen molar-refractivity contribution >= 4 is 23.6 Å². The molecule has 0 bridgehead atoms. The van der Waals surface area contributed by atoms with Gasteiger partial charge in [0.05, 0.1) is 6.54 Å². The van der Waals surface area contributed by atoms with Crippen LogP contribution in [0.3, 0.4) is 0 Å². The lowest BCUT2D eigenvalue weighted by molar-refractivity contribution is -0.138. The van der Waals surface area contributed by atoms with Gasteiger partial charge in [0.15, 0.2) is 0 Å². The van der Waals surface area contributed by atoms with Crippen molar-refractivity contribution in [2.24, 2.45) is 0 Å². The lowest BCUT2D eigenvalue weighted by atomic mass is 10.1. The predicted octanol–water partition coefficient (Wildman–Crippen LogP) is 2.71. The van der Waals surface area contributed by atoms with Crippen LogP contribution in [-0.2, 0) is 9.59 Å². The van der Waals surface area contributed by atoms with Crippen molar-refractivity contribution < 1.29 is 19.1 Å². The number of halogens is 1. The van der Waals surface area contributed by atoms with E-state index in [2.05, 4.69) is 0 Å². The highest BCUT2D eigenvalue weighted by molar-refractivity contribution is 7.99. The molecule has 1 saturated heterocycles. The number of rotatable bonds is 7. The zero-order valence-corrected chi connectivity index (χ0v) is 15.3. The van der Waals surface area contributed by atoms with Gasteiger partial charge in [-0.2, -0.15) is 0 Å². The fraction of sp³-hybridized carbons (Fsp3) is 0.556. The number of amides is 1. The molecule has 7 heteroatoms. The van der Waals surface area contributed by atoms with Gasteiger partial charge in [-0.25, -0.2) is 4.39 Å². The normalized spacial score (nSPS) is 18.2. The van der Waals surface area contributed by atoms with Gasteiger partial charge >= 0.3 is 5.97 Å². The van der Waals surface area contributed by atoms with Crippen LogP contribution in [0, 0.1) is 5.82 Å². The summed E-state index contributed by atoms with van der Waals surface area (Å²) in [5, 5.41) is 8.90. The van der Waals surface area contributed by atoms with Crippen molar-refractivity contribution in [2.75, 3.05) is 32.4 Å². The summed E-state index contributed by atoms with van der Waals surface area (Å²) >= 11 is 1.55. The van der Waals surface area contributed by atoms with Gasteiger partial charge in [-0.05, 0) is 50.6 Å². The fourth-order valence-corrected chi connectivity index (χ4v) is 3.90. The Bertz CT molecular complexity index is 582. The third-order valence-corrected chi connectivity index (χ3v) is 5.47. The van der Waals surface area contributed by atoms with Crippen LogP contribution in [0.25, 0.3) is 0 Å². The molecular weight excluding hydrogens is 343 g/mol. The molecule has 1 aromatic rings. The van der Waals surface area contributed by atoms with E-state index in [0.29, 0.717) is 18.7 Å². The molecule has 1 fully saturated rings. The van der Waals surface area contributed by atoms with E-state index in [0.717, 1.165) is 30.7 Å². The lowest BCUT2D eigenvalue weighted by Gasteiger charge is -2.25. The SMILES string of the molecule is CN(CC(=O)O)C1CCCN(C(=O)CCSc2ccc(F)cc2)CC1. The van der Waals surface area contributed by atoms with Crippen molar-refractivity contribution in [3.63, 3.8) is 0 Å². The number of carbonyl (C=O) groups is 2. The number of carbonyl (C=O) groups excluding carboxylic acids is 1. The highest BCUT2D eigenvalue weighted by Gasteiger charge is 2.23. The summed E-state index contributed by atoms with van der Waals surface area (Å²) in [5.41, 5.74) is 0. The zero-order chi connectivity index (χ0) is 18.2. The molecule has 0 radical (unpaired) electrons. The van der Waals surface area contributed by atoms with Gasteiger partial charge in [-0.3, -0.25) is 14.5 Å². The van der Waals surface area contributed by atoms with Crippen LogP contribution in [0.4, 0.5) is 4.39 Å². The summed E-state index contributed by atoms with van der Waals surface area (Å²) in [7, 11) is 1.83.